The van der Waals surface area contributed by atoms with Gasteiger partial charge < -0.3 is 31.0 Å². The first kappa shape index (κ1) is 26.4. The Morgan fingerprint density at radius 2 is 2.19 bits per heavy atom. The Bertz CT molecular complexity index is 1230. The highest BCUT2D eigenvalue weighted by Gasteiger charge is 2.57. The van der Waals surface area contributed by atoms with Crippen LogP contribution in [0.25, 0.3) is 0 Å². The van der Waals surface area contributed by atoms with Crippen molar-refractivity contribution < 1.29 is 34.2 Å². The predicted molar refractivity (Wildman–Crippen MR) is 132 cm³/mol. The summed E-state index contributed by atoms with van der Waals surface area (Å²) in [6.07, 6.45) is 0. The minimum absolute atomic E-state index is 0.0214. The van der Waals surface area contributed by atoms with Gasteiger partial charge in [0.25, 0.3) is 5.91 Å². The van der Waals surface area contributed by atoms with Crippen LogP contribution in [0.4, 0.5) is 5.13 Å². The quantitative estimate of drug-likeness (QED) is 0.126. The molecule has 2 aliphatic heterocycles. The summed E-state index contributed by atoms with van der Waals surface area (Å²) in [6.45, 7) is -0.858. The number of carboxylic acids is 2. The molecule has 2 aliphatic rings. The lowest BCUT2D eigenvalue weighted by Gasteiger charge is -2.53. The average molecular weight is 594 g/mol. The van der Waals surface area contributed by atoms with Crippen molar-refractivity contribution in [3.05, 3.63) is 15.5 Å². The molecule has 14 nitrogen and oxygen atoms in total. The van der Waals surface area contributed by atoms with E-state index < -0.39 is 52.9 Å². The zero-order chi connectivity index (χ0) is 26.0. The van der Waals surface area contributed by atoms with Gasteiger partial charge in [-0.05, 0) is 0 Å². The molecule has 0 saturated carbocycles. The topological polar surface area (TPSA) is 210 Å². The van der Waals surface area contributed by atoms with Crippen LogP contribution in [0.15, 0.2) is 15.0 Å². The monoisotopic (exact) mass is 593 g/mol. The second-order valence-electron chi connectivity index (χ2n) is 7.48. The van der Waals surface area contributed by atoms with Gasteiger partial charge in [-0.2, -0.15) is 0 Å². The number of hydrogen-bond donors (Lipinski definition) is 4. The van der Waals surface area contributed by atoms with E-state index in [-0.39, 0.29) is 33.2 Å². The maximum Gasteiger partial charge on any atom is 0.344 e. The van der Waals surface area contributed by atoms with Gasteiger partial charge in [0, 0.05) is 18.1 Å². The Labute approximate surface area is 223 Å². The van der Waals surface area contributed by atoms with Gasteiger partial charge in [0.05, 0.1) is 0 Å². The number of hydrogen-bond acceptors (Lipinski definition) is 14. The van der Waals surface area contributed by atoms with Crippen molar-refractivity contribution in [1.29, 1.82) is 0 Å². The summed E-state index contributed by atoms with van der Waals surface area (Å²) in [5.41, 5.74) is 5.40. The lowest BCUT2D eigenvalue weighted by molar-refractivity contribution is -0.157. The Morgan fingerprint density at radius 1 is 1.42 bits per heavy atom. The molecule has 19 heteroatoms. The number of fused-ring (bicyclic) bond motifs is 1. The SMILES string of the molecule is Nc1nc(C(=NOCC(=O)O)C(=O)NC2C(=O)N3CC(CSc4nncs4)(C(=O)O)CS[C@H]23)c(Cl)s1. The molecule has 2 aromatic rings. The second-order valence-corrected chi connectivity index (χ2v) is 12.3. The molecule has 0 aliphatic carbocycles. The number of carbonyl (C=O) groups excluding carboxylic acids is 2. The molecule has 36 heavy (non-hydrogen) atoms. The molecule has 2 fully saturated rings. The number of nitrogens with zero attached hydrogens (tertiary/aromatic N) is 5. The van der Waals surface area contributed by atoms with Crippen molar-refractivity contribution in [2.45, 2.75) is 15.8 Å². The van der Waals surface area contributed by atoms with Gasteiger partial charge in [-0.15, -0.1) is 22.0 Å². The summed E-state index contributed by atoms with van der Waals surface area (Å²) in [7, 11) is 0. The smallest absolute Gasteiger partial charge is 0.344 e. The summed E-state index contributed by atoms with van der Waals surface area (Å²) in [4.78, 5) is 58.8. The third-order valence-electron chi connectivity index (χ3n) is 5.08. The number of aliphatic carboxylic acids is 2. The van der Waals surface area contributed by atoms with Gasteiger partial charge in [-0.25, -0.2) is 9.78 Å². The lowest BCUT2D eigenvalue weighted by atomic mass is 9.89. The van der Waals surface area contributed by atoms with Crippen molar-refractivity contribution in [3.8, 4) is 0 Å². The third kappa shape index (κ3) is 5.36. The molecule has 0 radical (unpaired) electrons. The zero-order valence-electron chi connectivity index (χ0n) is 17.8. The number of carboxylic acid groups (broad SMARTS) is 2. The number of nitrogens with one attached hydrogen (secondary N) is 1. The summed E-state index contributed by atoms with van der Waals surface area (Å²) in [6, 6.07) is -0.968. The van der Waals surface area contributed by atoms with E-state index in [0.717, 1.165) is 11.3 Å². The largest absolute Gasteiger partial charge is 0.481 e. The van der Waals surface area contributed by atoms with E-state index in [1.165, 1.54) is 39.8 Å². The normalized spacial score (nSPS) is 23.5. The number of amides is 2. The fourth-order valence-corrected chi connectivity index (χ4v) is 7.63. The van der Waals surface area contributed by atoms with Crippen molar-refractivity contribution in [2.24, 2.45) is 10.6 Å². The molecule has 5 N–H and O–H groups in total. The van der Waals surface area contributed by atoms with Gasteiger partial charge in [0.2, 0.25) is 12.5 Å². The van der Waals surface area contributed by atoms with Crippen LogP contribution in [-0.4, -0.2) is 95.8 Å². The Morgan fingerprint density at radius 3 is 2.81 bits per heavy atom. The fraction of sp³-hybridized carbons (Fsp3) is 0.412. The molecule has 3 atom stereocenters. The first-order valence-corrected chi connectivity index (χ1v) is 13.9. The van der Waals surface area contributed by atoms with E-state index in [0.29, 0.717) is 4.34 Å². The molecule has 4 rings (SSSR count). The van der Waals surface area contributed by atoms with Crippen molar-refractivity contribution in [2.75, 3.05) is 30.4 Å². The number of nitrogen functional groups attached to an aromatic ring is 1. The van der Waals surface area contributed by atoms with Gasteiger partial charge in [-0.3, -0.25) is 14.4 Å². The molecule has 4 heterocycles. The minimum atomic E-state index is -1.32. The molecule has 2 saturated heterocycles. The number of thioether (sulfide) groups is 2. The number of β-lactam (4-membered cyclic amide) rings is 1. The summed E-state index contributed by atoms with van der Waals surface area (Å²) < 4.78 is 0.647. The third-order valence-corrected chi connectivity index (χ3v) is 9.90. The molecule has 2 aromatic heterocycles. The van der Waals surface area contributed by atoms with Crippen LogP contribution in [-0.2, 0) is 24.0 Å². The number of anilines is 1. The molecule has 2 unspecified atom stereocenters. The molecule has 0 bridgehead atoms. The van der Waals surface area contributed by atoms with Crippen LogP contribution in [0.2, 0.25) is 4.34 Å². The van der Waals surface area contributed by atoms with Crippen molar-refractivity contribution in [1.82, 2.24) is 25.4 Å². The zero-order valence-corrected chi connectivity index (χ0v) is 21.8. The maximum absolute atomic E-state index is 13.0. The number of carbonyl (C=O) groups is 4. The van der Waals surface area contributed by atoms with Crippen LogP contribution < -0.4 is 11.1 Å². The summed E-state index contributed by atoms with van der Waals surface area (Å²) in [5, 5.41) is 32.0. The minimum Gasteiger partial charge on any atom is -0.481 e. The van der Waals surface area contributed by atoms with E-state index in [4.69, 9.17) is 27.3 Å². The molecule has 2 amide bonds. The highest BCUT2D eigenvalue weighted by Crippen LogP contribution is 2.44. The number of nitrogens with two attached hydrogens (primary N) is 1. The van der Waals surface area contributed by atoms with Crippen LogP contribution >= 0.6 is 57.8 Å². The van der Waals surface area contributed by atoms with Gasteiger partial charge in [0.1, 0.15) is 32.4 Å². The van der Waals surface area contributed by atoms with E-state index in [9.17, 15) is 24.3 Å². The van der Waals surface area contributed by atoms with Crippen LogP contribution in [0.3, 0.4) is 0 Å². The fourth-order valence-electron chi connectivity index (χ4n) is 3.35. The van der Waals surface area contributed by atoms with E-state index in [2.05, 4.69) is 25.7 Å². The number of thiazole rings is 1. The lowest BCUT2D eigenvalue weighted by Crippen LogP contribution is -2.74. The first-order chi connectivity index (χ1) is 17.1. The first-order valence-electron chi connectivity index (χ1n) is 9.80. The summed E-state index contributed by atoms with van der Waals surface area (Å²) >= 11 is 10.7. The number of oxime groups is 1. The molecule has 0 aromatic carbocycles. The van der Waals surface area contributed by atoms with Gasteiger partial charge in [0.15, 0.2) is 15.2 Å². The molecule has 0 spiro atoms. The van der Waals surface area contributed by atoms with Crippen LogP contribution in [0.5, 0.6) is 0 Å². The summed E-state index contributed by atoms with van der Waals surface area (Å²) in [5.74, 6) is -3.32. The Kier molecular flexibility index (Phi) is 7.88. The highest BCUT2D eigenvalue weighted by atomic mass is 35.5. The molecular weight excluding hydrogens is 578 g/mol. The van der Waals surface area contributed by atoms with E-state index in [1.54, 1.807) is 5.51 Å². The van der Waals surface area contributed by atoms with Crippen molar-refractivity contribution in [3.63, 3.8) is 0 Å². The maximum atomic E-state index is 13.0. The average Bonchev–Trinajstić information content (AvgIpc) is 3.47. The second kappa shape index (κ2) is 10.8. The standard InChI is InChI=1S/C17H16ClN7O7S4/c18-10-7(22-15(19)36-10)8(24-32-1-6(26)27)11(28)21-9-12(29)25-2-17(14(30)31,3-33-13(9)25)4-34-16-23-20-5-35-16/h5,9,13H,1-4H2,(H2,19,22)(H,21,28)(H,26,27)(H,30,31)/t9?,13-,17?/m1/s1. The van der Waals surface area contributed by atoms with E-state index >= 15 is 0 Å². The van der Waals surface area contributed by atoms with Crippen LogP contribution in [0, 0.1) is 5.41 Å². The predicted octanol–water partition coefficient (Wildman–Crippen LogP) is 0.299. The van der Waals surface area contributed by atoms with Gasteiger partial charge in [-0.1, -0.05) is 51.2 Å². The highest BCUT2D eigenvalue weighted by molar-refractivity contribution is 8.01. The molecule has 192 valence electrons. The number of aromatic nitrogens is 3. The van der Waals surface area contributed by atoms with Crippen molar-refractivity contribution >= 4 is 92.4 Å². The van der Waals surface area contributed by atoms with Crippen LogP contribution in [0.1, 0.15) is 5.69 Å². The Balaban J connectivity index is 1.45. The number of rotatable bonds is 10. The number of halogens is 1. The molecular formula is C17H16ClN7O7S4. The van der Waals surface area contributed by atoms with Gasteiger partial charge >= 0.3 is 11.9 Å². The Hall–Kier alpha value is -2.67. The van der Waals surface area contributed by atoms with E-state index in [1.807, 2.05) is 0 Å².